The van der Waals surface area contributed by atoms with Crippen molar-refractivity contribution in [1.29, 1.82) is 0 Å². The summed E-state index contributed by atoms with van der Waals surface area (Å²) in [4.78, 5) is 14.9. The third-order valence-corrected chi connectivity index (χ3v) is 3.48. The van der Waals surface area contributed by atoms with Gasteiger partial charge in [-0.25, -0.2) is 4.98 Å². The molecule has 3 heteroatoms. The first-order chi connectivity index (χ1) is 8.20. The lowest BCUT2D eigenvalue weighted by Gasteiger charge is -2.29. The van der Waals surface area contributed by atoms with Gasteiger partial charge in [-0.3, -0.25) is 4.79 Å². The fraction of sp³-hybridized carbons (Fsp3) is 0.571. The highest BCUT2D eigenvalue weighted by atomic mass is 16.5. The molecule has 17 heavy (non-hydrogen) atoms. The summed E-state index contributed by atoms with van der Waals surface area (Å²) in [5, 5.41) is 0. The second kappa shape index (κ2) is 5.30. The first-order valence-electron chi connectivity index (χ1n) is 6.29. The third kappa shape index (κ3) is 2.84. The maximum Gasteiger partial charge on any atom is 0.216 e. The van der Waals surface area contributed by atoms with Crippen molar-refractivity contribution in [2.75, 3.05) is 0 Å². The molecule has 0 aromatic carbocycles. The predicted octanol–water partition coefficient (Wildman–Crippen LogP) is 3.16. The molecule has 0 aliphatic heterocycles. The standard InChI is InChI=1S/C14H19NO2/c1-10-5-3-4-6-13(10)17-14-11(2)7-12(9-16)8-15-14/h7-10,13H,3-6H2,1-2H3. The van der Waals surface area contributed by atoms with Crippen molar-refractivity contribution in [3.8, 4) is 5.88 Å². The van der Waals surface area contributed by atoms with E-state index in [4.69, 9.17) is 4.74 Å². The number of carbonyl (C=O) groups excluding carboxylic acids is 1. The van der Waals surface area contributed by atoms with Crippen molar-refractivity contribution in [3.05, 3.63) is 23.4 Å². The van der Waals surface area contributed by atoms with E-state index >= 15 is 0 Å². The van der Waals surface area contributed by atoms with Gasteiger partial charge in [0.1, 0.15) is 6.10 Å². The van der Waals surface area contributed by atoms with Crippen molar-refractivity contribution in [2.24, 2.45) is 5.92 Å². The van der Waals surface area contributed by atoms with Crippen molar-refractivity contribution in [2.45, 2.75) is 45.6 Å². The molecule has 1 aliphatic rings. The van der Waals surface area contributed by atoms with Crippen LogP contribution in [0.5, 0.6) is 5.88 Å². The van der Waals surface area contributed by atoms with E-state index in [9.17, 15) is 4.79 Å². The number of aromatic nitrogens is 1. The van der Waals surface area contributed by atoms with Crippen LogP contribution in [-0.2, 0) is 0 Å². The van der Waals surface area contributed by atoms with Gasteiger partial charge < -0.3 is 4.74 Å². The molecule has 2 unspecified atom stereocenters. The average Bonchev–Trinajstić information content (AvgIpc) is 2.34. The quantitative estimate of drug-likeness (QED) is 0.753. The molecule has 3 nitrogen and oxygen atoms in total. The summed E-state index contributed by atoms with van der Waals surface area (Å²) in [6.07, 6.45) is 7.54. The molecule has 0 saturated heterocycles. The minimum absolute atomic E-state index is 0.275. The van der Waals surface area contributed by atoms with E-state index in [1.54, 1.807) is 6.20 Å². The molecular weight excluding hydrogens is 214 g/mol. The molecule has 1 aromatic rings. The second-order valence-electron chi connectivity index (χ2n) is 4.93. The van der Waals surface area contributed by atoms with E-state index in [0.29, 0.717) is 17.4 Å². The Morgan fingerprint density at radius 1 is 1.41 bits per heavy atom. The lowest BCUT2D eigenvalue weighted by atomic mass is 9.88. The highest BCUT2D eigenvalue weighted by Crippen LogP contribution is 2.28. The van der Waals surface area contributed by atoms with Crippen LogP contribution in [0.2, 0.25) is 0 Å². The van der Waals surface area contributed by atoms with Crippen LogP contribution in [0.25, 0.3) is 0 Å². The summed E-state index contributed by atoms with van der Waals surface area (Å²) in [6.45, 7) is 4.17. The normalized spacial score (nSPS) is 24.4. The monoisotopic (exact) mass is 233 g/mol. The zero-order valence-electron chi connectivity index (χ0n) is 10.5. The molecule has 0 amide bonds. The van der Waals surface area contributed by atoms with Crippen molar-refractivity contribution in [1.82, 2.24) is 4.98 Å². The van der Waals surface area contributed by atoms with E-state index in [2.05, 4.69) is 11.9 Å². The maximum atomic E-state index is 10.6. The van der Waals surface area contributed by atoms with Gasteiger partial charge >= 0.3 is 0 Å². The highest BCUT2D eigenvalue weighted by molar-refractivity contribution is 5.74. The lowest BCUT2D eigenvalue weighted by molar-refractivity contribution is 0.0967. The maximum absolute atomic E-state index is 10.6. The Morgan fingerprint density at radius 3 is 2.82 bits per heavy atom. The number of ether oxygens (including phenoxy) is 1. The fourth-order valence-electron chi connectivity index (χ4n) is 2.37. The van der Waals surface area contributed by atoms with Gasteiger partial charge in [-0.15, -0.1) is 0 Å². The van der Waals surface area contributed by atoms with Gasteiger partial charge in [0.25, 0.3) is 0 Å². The van der Waals surface area contributed by atoms with E-state index < -0.39 is 0 Å². The van der Waals surface area contributed by atoms with E-state index in [1.807, 2.05) is 13.0 Å². The number of pyridine rings is 1. The Morgan fingerprint density at radius 2 is 2.18 bits per heavy atom. The Kier molecular flexibility index (Phi) is 3.77. The van der Waals surface area contributed by atoms with Gasteiger partial charge in [0, 0.05) is 17.3 Å². The van der Waals surface area contributed by atoms with Crippen LogP contribution in [0.3, 0.4) is 0 Å². The van der Waals surface area contributed by atoms with Crippen LogP contribution in [0, 0.1) is 12.8 Å². The summed E-state index contributed by atoms with van der Waals surface area (Å²) in [5.74, 6) is 1.27. The van der Waals surface area contributed by atoms with Crippen LogP contribution >= 0.6 is 0 Å². The molecule has 1 aliphatic carbocycles. The first kappa shape index (κ1) is 12.1. The zero-order chi connectivity index (χ0) is 12.3. The highest BCUT2D eigenvalue weighted by Gasteiger charge is 2.23. The molecule has 1 fully saturated rings. The van der Waals surface area contributed by atoms with Gasteiger partial charge in [-0.2, -0.15) is 0 Å². The molecule has 0 spiro atoms. The largest absolute Gasteiger partial charge is 0.474 e. The topological polar surface area (TPSA) is 39.2 Å². The molecule has 1 saturated carbocycles. The van der Waals surface area contributed by atoms with E-state index in [0.717, 1.165) is 18.3 Å². The Bertz CT molecular complexity index is 403. The smallest absolute Gasteiger partial charge is 0.216 e. The van der Waals surface area contributed by atoms with Gasteiger partial charge in [-0.05, 0) is 38.2 Å². The van der Waals surface area contributed by atoms with Crippen LogP contribution in [0.15, 0.2) is 12.3 Å². The molecule has 0 bridgehead atoms. The SMILES string of the molecule is Cc1cc(C=O)cnc1OC1CCCCC1C. The van der Waals surface area contributed by atoms with Crippen LogP contribution in [0.1, 0.15) is 48.5 Å². The van der Waals surface area contributed by atoms with Gasteiger partial charge in [0.15, 0.2) is 6.29 Å². The first-order valence-corrected chi connectivity index (χ1v) is 6.29. The molecule has 1 heterocycles. The third-order valence-electron chi connectivity index (χ3n) is 3.48. The lowest BCUT2D eigenvalue weighted by Crippen LogP contribution is -2.28. The minimum Gasteiger partial charge on any atom is -0.474 e. The summed E-state index contributed by atoms with van der Waals surface area (Å²) in [7, 11) is 0. The molecule has 2 atom stereocenters. The summed E-state index contributed by atoms with van der Waals surface area (Å²) >= 11 is 0. The van der Waals surface area contributed by atoms with Crippen molar-refractivity contribution in [3.63, 3.8) is 0 Å². The van der Waals surface area contributed by atoms with Crippen LogP contribution in [-0.4, -0.2) is 17.4 Å². The Balaban J connectivity index is 2.09. The van der Waals surface area contributed by atoms with Crippen molar-refractivity contribution < 1.29 is 9.53 Å². The molecule has 2 rings (SSSR count). The summed E-state index contributed by atoms with van der Waals surface area (Å²) < 4.78 is 5.97. The minimum atomic E-state index is 0.275. The fourth-order valence-corrected chi connectivity index (χ4v) is 2.37. The number of hydrogen-bond acceptors (Lipinski definition) is 3. The Hall–Kier alpha value is -1.38. The van der Waals surface area contributed by atoms with Gasteiger partial charge in [0.05, 0.1) is 0 Å². The van der Waals surface area contributed by atoms with Crippen LogP contribution < -0.4 is 4.74 Å². The number of nitrogens with zero attached hydrogens (tertiary/aromatic N) is 1. The van der Waals surface area contributed by atoms with Crippen molar-refractivity contribution >= 4 is 6.29 Å². The predicted molar refractivity (Wildman–Crippen MR) is 66.4 cm³/mol. The molecular formula is C14H19NO2. The van der Waals surface area contributed by atoms with E-state index in [-0.39, 0.29) is 6.10 Å². The number of rotatable bonds is 3. The second-order valence-corrected chi connectivity index (χ2v) is 4.93. The molecule has 0 N–H and O–H groups in total. The van der Waals surface area contributed by atoms with Gasteiger partial charge in [-0.1, -0.05) is 13.3 Å². The summed E-state index contributed by atoms with van der Waals surface area (Å²) in [6, 6.07) is 1.82. The Labute approximate surface area is 102 Å². The zero-order valence-corrected chi connectivity index (χ0v) is 10.5. The van der Waals surface area contributed by atoms with E-state index in [1.165, 1.54) is 19.3 Å². The number of aryl methyl sites for hydroxylation is 1. The molecule has 0 radical (unpaired) electrons. The van der Waals surface area contributed by atoms with Crippen LogP contribution in [0.4, 0.5) is 0 Å². The number of aldehydes is 1. The van der Waals surface area contributed by atoms with Gasteiger partial charge in [0.2, 0.25) is 5.88 Å². The average molecular weight is 233 g/mol. The number of hydrogen-bond donors (Lipinski definition) is 0. The summed E-state index contributed by atoms with van der Waals surface area (Å²) in [5.41, 5.74) is 1.54. The number of carbonyl (C=O) groups is 1. The molecule has 92 valence electrons. The molecule has 1 aromatic heterocycles.